The Hall–Kier alpha value is -1.27. The van der Waals surface area contributed by atoms with Gasteiger partial charge in [0.25, 0.3) is 0 Å². The van der Waals surface area contributed by atoms with Crippen molar-refractivity contribution in [3.63, 3.8) is 0 Å². The Kier molecular flexibility index (Phi) is 3.53. The van der Waals surface area contributed by atoms with Gasteiger partial charge in [-0.05, 0) is 18.4 Å². The topological polar surface area (TPSA) is 26.3 Å². The Bertz CT molecular complexity index is 330. The highest BCUT2D eigenvalue weighted by atomic mass is 32.1. The van der Waals surface area contributed by atoms with E-state index in [1.54, 1.807) is 18.3 Å². The molecule has 0 saturated carbocycles. The fraction of sp³-hybridized carbons (Fsp3) is 0.300. The number of esters is 1. The second-order valence-corrected chi connectivity index (χ2v) is 3.45. The summed E-state index contributed by atoms with van der Waals surface area (Å²) in [6.45, 7) is 3.13. The normalized spacial score (nSPS) is 11.2. The molecule has 1 rings (SSSR count). The summed E-state index contributed by atoms with van der Waals surface area (Å²) in [5, 5.41) is 1.96. The zero-order valence-electron chi connectivity index (χ0n) is 7.53. The van der Waals surface area contributed by atoms with Gasteiger partial charge in [0.15, 0.2) is 6.10 Å². The van der Waals surface area contributed by atoms with Crippen molar-refractivity contribution in [3.05, 3.63) is 22.4 Å². The molecule has 1 heterocycles. The van der Waals surface area contributed by atoms with E-state index >= 15 is 0 Å². The van der Waals surface area contributed by atoms with Crippen molar-refractivity contribution >= 4 is 17.3 Å². The molecule has 0 radical (unpaired) electrons. The second kappa shape index (κ2) is 4.68. The van der Waals surface area contributed by atoms with Gasteiger partial charge in [0.1, 0.15) is 0 Å². The van der Waals surface area contributed by atoms with E-state index < -0.39 is 0 Å². The monoisotopic (exact) mass is 194 g/mol. The number of carbonyl (C=O) groups is 1. The lowest BCUT2D eigenvalue weighted by atomic mass is 10.4. The Balaban J connectivity index is 2.52. The first-order valence-corrected chi connectivity index (χ1v) is 4.78. The third-order valence-electron chi connectivity index (χ3n) is 1.26. The lowest BCUT2D eigenvalue weighted by Crippen LogP contribution is -2.09. The molecule has 1 aromatic rings. The number of ether oxygens (including phenoxy) is 1. The minimum Gasteiger partial charge on any atom is -0.450 e. The van der Waals surface area contributed by atoms with E-state index in [1.165, 1.54) is 6.92 Å². The summed E-state index contributed by atoms with van der Waals surface area (Å²) in [6.07, 6.45) is -0.334. The van der Waals surface area contributed by atoms with Gasteiger partial charge in [0.05, 0.1) is 4.88 Å². The van der Waals surface area contributed by atoms with Gasteiger partial charge in [0.2, 0.25) is 0 Å². The standard InChI is InChI=1S/C10H10O2S/c1-8(12-9(2)11)5-6-10-4-3-7-13-10/h3-4,7-8H,1-2H3. The molecule has 0 saturated heterocycles. The van der Waals surface area contributed by atoms with E-state index in [1.807, 2.05) is 17.5 Å². The van der Waals surface area contributed by atoms with Crippen molar-refractivity contribution in [2.75, 3.05) is 0 Å². The smallest absolute Gasteiger partial charge is 0.303 e. The predicted octanol–water partition coefficient (Wildman–Crippen LogP) is 2.05. The molecule has 0 fully saturated rings. The Morgan fingerprint density at radius 2 is 2.46 bits per heavy atom. The molecule has 1 unspecified atom stereocenters. The average molecular weight is 194 g/mol. The van der Waals surface area contributed by atoms with Gasteiger partial charge in [-0.1, -0.05) is 17.9 Å². The molecule has 3 heteroatoms. The number of hydrogen-bond donors (Lipinski definition) is 0. The summed E-state index contributed by atoms with van der Waals surface area (Å²) in [7, 11) is 0. The fourth-order valence-electron chi connectivity index (χ4n) is 0.801. The highest BCUT2D eigenvalue weighted by Gasteiger charge is 1.99. The Morgan fingerprint density at radius 1 is 1.69 bits per heavy atom. The minimum atomic E-state index is -0.334. The van der Waals surface area contributed by atoms with Crippen molar-refractivity contribution in [3.8, 4) is 11.8 Å². The summed E-state index contributed by atoms with van der Waals surface area (Å²) < 4.78 is 4.84. The third kappa shape index (κ3) is 3.77. The molecule has 2 nitrogen and oxygen atoms in total. The van der Waals surface area contributed by atoms with Gasteiger partial charge >= 0.3 is 5.97 Å². The largest absolute Gasteiger partial charge is 0.450 e. The molecule has 0 aliphatic rings. The van der Waals surface area contributed by atoms with Crippen molar-refractivity contribution < 1.29 is 9.53 Å². The lowest BCUT2D eigenvalue weighted by Gasteiger charge is -2.02. The first-order valence-electron chi connectivity index (χ1n) is 3.91. The fourth-order valence-corrected chi connectivity index (χ4v) is 1.38. The van der Waals surface area contributed by atoms with E-state index in [9.17, 15) is 4.79 Å². The van der Waals surface area contributed by atoms with Crippen LogP contribution in [0, 0.1) is 11.8 Å². The summed E-state index contributed by atoms with van der Waals surface area (Å²) in [6, 6.07) is 3.86. The summed E-state index contributed by atoms with van der Waals surface area (Å²) in [5.41, 5.74) is 0. The van der Waals surface area contributed by atoms with Gasteiger partial charge in [-0.25, -0.2) is 0 Å². The SMILES string of the molecule is CC(=O)OC(C)C#Cc1cccs1. The van der Waals surface area contributed by atoms with Crippen LogP contribution in [-0.2, 0) is 9.53 Å². The summed E-state index contributed by atoms with van der Waals surface area (Å²) >= 11 is 1.57. The lowest BCUT2D eigenvalue weighted by molar-refractivity contribution is -0.143. The van der Waals surface area contributed by atoms with Gasteiger partial charge in [-0.2, -0.15) is 0 Å². The minimum absolute atomic E-state index is 0.298. The first-order chi connectivity index (χ1) is 6.18. The van der Waals surface area contributed by atoms with Crippen LogP contribution in [0.2, 0.25) is 0 Å². The molecule has 0 aliphatic heterocycles. The molecular formula is C10H10O2S. The van der Waals surface area contributed by atoms with E-state index in [0.29, 0.717) is 0 Å². The molecule has 1 aromatic heterocycles. The van der Waals surface area contributed by atoms with Crippen molar-refractivity contribution in [1.82, 2.24) is 0 Å². The molecular weight excluding hydrogens is 184 g/mol. The summed E-state index contributed by atoms with van der Waals surface area (Å²) in [4.78, 5) is 11.5. The molecule has 13 heavy (non-hydrogen) atoms. The summed E-state index contributed by atoms with van der Waals surface area (Å²) in [5.74, 6) is 5.46. The van der Waals surface area contributed by atoms with Crippen LogP contribution in [-0.4, -0.2) is 12.1 Å². The van der Waals surface area contributed by atoms with Gasteiger partial charge in [0, 0.05) is 6.92 Å². The van der Waals surface area contributed by atoms with Crippen molar-refractivity contribution in [1.29, 1.82) is 0 Å². The maximum atomic E-state index is 10.5. The first kappa shape index (κ1) is 9.82. The number of carbonyl (C=O) groups excluding carboxylic acids is 1. The van der Waals surface area contributed by atoms with E-state index in [-0.39, 0.29) is 12.1 Å². The van der Waals surface area contributed by atoms with Crippen LogP contribution in [0.3, 0.4) is 0 Å². The molecule has 68 valence electrons. The predicted molar refractivity (Wildman–Crippen MR) is 52.4 cm³/mol. The number of rotatable bonds is 1. The van der Waals surface area contributed by atoms with E-state index in [2.05, 4.69) is 11.8 Å². The van der Waals surface area contributed by atoms with Crippen molar-refractivity contribution in [2.24, 2.45) is 0 Å². The van der Waals surface area contributed by atoms with Crippen molar-refractivity contribution in [2.45, 2.75) is 20.0 Å². The van der Waals surface area contributed by atoms with E-state index in [0.717, 1.165) is 4.88 Å². The van der Waals surface area contributed by atoms with Crippen LogP contribution < -0.4 is 0 Å². The molecule has 1 atom stereocenters. The molecule has 0 N–H and O–H groups in total. The average Bonchev–Trinajstić information content (AvgIpc) is 2.51. The zero-order valence-corrected chi connectivity index (χ0v) is 8.35. The maximum absolute atomic E-state index is 10.5. The third-order valence-corrected chi connectivity index (χ3v) is 2.05. The maximum Gasteiger partial charge on any atom is 0.303 e. The number of thiophene rings is 1. The van der Waals surface area contributed by atoms with Gasteiger partial charge < -0.3 is 4.74 Å². The number of hydrogen-bond acceptors (Lipinski definition) is 3. The molecule has 0 bridgehead atoms. The molecule has 0 spiro atoms. The van der Waals surface area contributed by atoms with Crippen LogP contribution >= 0.6 is 11.3 Å². The Morgan fingerprint density at radius 3 is 3.00 bits per heavy atom. The van der Waals surface area contributed by atoms with Gasteiger partial charge in [-0.15, -0.1) is 11.3 Å². The zero-order chi connectivity index (χ0) is 9.68. The van der Waals surface area contributed by atoms with Crippen LogP contribution in [0.25, 0.3) is 0 Å². The highest BCUT2D eigenvalue weighted by Crippen LogP contribution is 2.05. The highest BCUT2D eigenvalue weighted by molar-refractivity contribution is 7.10. The van der Waals surface area contributed by atoms with Crippen LogP contribution in [0.4, 0.5) is 0 Å². The Labute approximate surface area is 81.5 Å². The van der Waals surface area contributed by atoms with Crippen LogP contribution in [0.5, 0.6) is 0 Å². The van der Waals surface area contributed by atoms with E-state index in [4.69, 9.17) is 4.74 Å². The van der Waals surface area contributed by atoms with Crippen LogP contribution in [0.15, 0.2) is 17.5 Å². The molecule has 0 amide bonds. The molecule has 0 aliphatic carbocycles. The van der Waals surface area contributed by atoms with Gasteiger partial charge in [-0.3, -0.25) is 4.79 Å². The quantitative estimate of drug-likeness (QED) is 0.505. The van der Waals surface area contributed by atoms with Crippen LogP contribution in [0.1, 0.15) is 18.7 Å². The second-order valence-electron chi connectivity index (χ2n) is 2.50. The molecule has 0 aromatic carbocycles.